The number of pyridine rings is 1. The van der Waals surface area contributed by atoms with E-state index in [2.05, 4.69) is 59.3 Å². The number of hydrogen-bond acceptors (Lipinski definition) is 4. The van der Waals surface area contributed by atoms with Crippen LogP contribution in [0.3, 0.4) is 0 Å². The van der Waals surface area contributed by atoms with Crippen LogP contribution < -0.4 is 4.90 Å². The van der Waals surface area contributed by atoms with Crippen molar-refractivity contribution in [2.75, 3.05) is 37.7 Å². The lowest BCUT2D eigenvalue weighted by Gasteiger charge is -2.36. The summed E-state index contributed by atoms with van der Waals surface area (Å²) in [6, 6.07) is 13.7. The molecule has 0 radical (unpaired) electrons. The Morgan fingerprint density at radius 2 is 1.88 bits per heavy atom. The molecule has 2 aromatic rings. The van der Waals surface area contributed by atoms with Crippen molar-refractivity contribution < 1.29 is 4.74 Å². The molecule has 0 spiro atoms. The zero-order valence-electron chi connectivity index (χ0n) is 15.7. The van der Waals surface area contributed by atoms with Crippen LogP contribution in [-0.2, 0) is 11.3 Å². The highest BCUT2D eigenvalue weighted by atomic mass is 16.5. The molecule has 1 aromatic carbocycles. The van der Waals surface area contributed by atoms with Crippen LogP contribution >= 0.6 is 0 Å². The van der Waals surface area contributed by atoms with Gasteiger partial charge in [-0.2, -0.15) is 0 Å². The zero-order chi connectivity index (χ0) is 17.8. The van der Waals surface area contributed by atoms with Gasteiger partial charge in [-0.15, -0.1) is 0 Å². The van der Waals surface area contributed by atoms with Crippen LogP contribution in [0.1, 0.15) is 42.0 Å². The van der Waals surface area contributed by atoms with Crippen LogP contribution in [0.4, 0.5) is 5.82 Å². The van der Waals surface area contributed by atoms with E-state index in [1.807, 2.05) is 0 Å². The number of ether oxygens (including phenoxy) is 1. The number of rotatable bonds is 4. The van der Waals surface area contributed by atoms with E-state index >= 15 is 0 Å². The van der Waals surface area contributed by atoms with Crippen molar-refractivity contribution in [1.82, 2.24) is 9.88 Å². The average molecular weight is 351 g/mol. The molecule has 2 aliphatic rings. The zero-order valence-corrected chi connectivity index (χ0v) is 15.7. The molecule has 26 heavy (non-hydrogen) atoms. The second-order valence-corrected chi connectivity index (χ2v) is 7.48. The first kappa shape index (κ1) is 17.5. The topological polar surface area (TPSA) is 28.6 Å². The van der Waals surface area contributed by atoms with Gasteiger partial charge < -0.3 is 9.64 Å². The number of nitrogens with zero attached hydrogens (tertiary/aromatic N) is 3. The molecular weight excluding hydrogens is 322 g/mol. The summed E-state index contributed by atoms with van der Waals surface area (Å²) in [5.41, 5.74) is 4.05. The first-order chi connectivity index (χ1) is 12.8. The lowest BCUT2D eigenvalue weighted by atomic mass is 9.95. The fourth-order valence-electron chi connectivity index (χ4n) is 4.25. The van der Waals surface area contributed by atoms with Crippen LogP contribution in [-0.4, -0.2) is 42.7 Å². The minimum Gasteiger partial charge on any atom is -0.378 e. The molecule has 3 heterocycles. The third-order valence-electron chi connectivity index (χ3n) is 5.61. The molecule has 138 valence electrons. The molecule has 2 fully saturated rings. The van der Waals surface area contributed by atoms with Gasteiger partial charge in [-0.3, -0.25) is 4.90 Å². The Bertz CT molecular complexity index is 713. The summed E-state index contributed by atoms with van der Waals surface area (Å²) < 4.78 is 5.47. The van der Waals surface area contributed by atoms with Crippen LogP contribution in [0.25, 0.3) is 0 Å². The minimum absolute atomic E-state index is 0.480. The van der Waals surface area contributed by atoms with Crippen LogP contribution in [0.15, 0.2) is 42.6 Å². The first-order valence-corrected chi connectivity index (χ1v) is 9.88. The summed E-state index contributed by atoms with van der Waals surface area (Å²) in [7, 11) is 0. The third-order valence-corrected chi connectivity index (χ3v) is 5.61. The van der Waals surface area contributed by atoms with Gasteiger partial charge in [0.05, 0.1) is 13.2 Å². The summed E-state index contributed by atoms with van der Waals surface area (Å²) in [5, 5.41) is 0. The smallest absolute Gasteiger partial charge is 0.131 e. The molecule has 4 heteroatoms. The quantitative estimate of drug-likeness (QED) is 0.834. The summed E-state index contributed by atoms with van der Waals surface area (Å²) in [4.78, 5) is 9.84. The Morgan fingerprint density at radius 3 is 2.65 bits per heavy atom. The van der Waals surface area contributed by atoms with Gasteiger partial charge in [-0.1, -0.05) is 36.8 Å². The van der Waals surface area contributed by atoms with E-state index in [0.717, 1.165) is 38.7 Å². The van der Waals surface area contributed by atoms with E-state index in [4.69, 9.17) is 9.72 Å². The highest BCUT2D eigenvalue weighted by Crippen LogP contribution is 2.33. The Kier molecular flexibility index (Phi) is 5.51. The average Bonchev–Trinajstić information content (AvgIpc) is 2.70. The number of piperidine rings is 1. The molecule has 0 N–H and O–H groups in total. The van der Waals surface area contributed by atoms with Gasteiger partial charge >= 0.3 is 0 Å². The maximum atomic E-state index is 5.47. The Balaban J connectivity index is 1.53. The molecule has 0 saturated carbocycles. The first-order valence-electron chi connectivity index (χ1n) is 9.88. The minimum atomic E-state index is 0.480. The van der Waals surface area contributed by atoms with Gasteiger partial charge in [0.25, 0.3) is 0 Å². The van der Waals surface area contributed by atoms with Crippen molar-refractivity contribution in [2.24, 2.45) is 0 Å². The lowest BCUT2D eigenvalue weighted by molar-refractivity contribution is 0.122. The van der Waals surface area contributed by atoms with Crippen molar-refractivity contribution in [3.63, 3.8) is 0 Å². The number of likely N-dealkylation sites (tertiary alicyclic amines) is 1. The number of aryl methyl sites for hydroxylation is 1. The molecule has 0 amide bonds. The Labute approximate surface area is 156 Å². The Hall–Kier alpha value is -1.91. The fourth-order valence-corrected chi connectivity index (χ4v) is 4.25. The summed E-state index contributed by atoms with van der Waals surface area (Å²) in [6.45, 7) is 7.88. The van der Waals surface area contributed by atoms with Crippen molar-refractivity contribution in [3.8, 4) is 0 Å². The summed E-state index contributed by atoms with van der Waals surface area (Å²) in [5.74, 6) is 1.13. The van der Waals surface area contributed by atoms with E-state index in [1.54, 1.807) is 0 Å². The fraction of sp³-hybridized carbons (Fsp3) is 0.500. The largest absolute Gasteiger partial charge is 0.378 e. The number of morpholine rings is 1. The normalized spacial score (nSPS) is 21.7. The molecule has 0 aliphatic carbocycles. The van der Waals surface area contributed by atoms with Crippen molar-refractivity contribution in [2.45, 2.75) is 38.8 Å². The highest BCUT2D eigenvalue weighted by Gasteiger charge is 2.25. The molecule has 1 atom stereocenters. The number of aromatic nitrogens is 1. The molecule has 4 rings (SSSR count). The second kappa shape index (κ2) is 8.19. The van der Waals surface area contributed by atoms with Gasteiger partial charge in [0.15, 0.2) is 0 Å². The second-order valence-electron chi connectivity index (χ2n) is 7.48. The van der Waals surface area contributed by atoms with Crippen molar-refractivity contribution in [1.29, 1.82) is 0 Å². The van der Waals surface area contributed by atoms with E-state index in [0.29, 0.717) is 6.04 Å². The Morgan fingerprint density at radius 1 is 1.08 bits per heavy atom. The lowest BCUT2D eigenvalue weighted by Crippen LogP contribution is -2.37. The van der Waals surface area contributed by atoms with Crippen molar-refractivity contribution >= 4 is 5.82 Å². The summed E-state index contributed by atoms with van der Waals surface area (Å²) >= 11 is 0. The highest BCUT2D eigenvalue weighted by molar-refractivity contribution is 5.48. The number of benzene rings is 1. The standard InChI is InChI=1S/C22H29N3O/c1-18-15-20(16-23-22(18)24-11-13-26-14-12-24)21-9-5-6-10-25(21)17-19-7-3-2-4-8-19/h2-4,7-8,15-16,21H,5-6,9-14,17H2,1H3/t21-/m0/s1. The third kappa shape index (κ3) is 3.92. The van der Waals surface area contributed by atoms with E-state index in [1.165, 1.54) is 42.5 Å². The predicted molar refractivity (Wildman–Crippen MR) is 105 cm³/mol. The van der Waals surface area contributed by atoms with E-state index in [-0.39, 0.29) is 0 Å². The van der Waals surface area contributed by atoms with Gasteiger partial charge in [-0.25, -0.2) is 4.98 Å². The molecule has 1 aromatic heterocycles. The monoisotopic (exact) mass is 351 g/mol. The van der Waals surface area contributed by atoms with Crippen molar-refractivity contribution in [3.05, 3.63) is 59.3 Å². The maximum absolute atomic E-state index is 5.47. The van der Waals surface area contributed by atoms with Gasteiger partial charge in [0.2, 0.25) is 0 Å². The molecule has 2 saturated heterocycles. The van der Waals surface area contributed by atoms with Gasteiger partial charge in [-0.05, 0) is 49.1 Å². The molecule has 0 unspecified atom stereocenters. The maximum Gasteiger partial charge on any atom is 0.131 e. The van der Waals surface area contributed by atoms with Crippen LogP contribution in [0, 0.1) is 6.92 Å². The van der Waals surface area contributed by atoms with Crippen LogP contribution in [0.5, 0.6) is 0 Å². The van der Waals surface area contributed by atoms with Crippen LogP contribution in [0.2, 0.25) is 0 Å². The number of hydrogen-bond donors (Lipinski definition) is 0. The van der Waals surface area contributed by atoms with E-state index < -0.39 is 0 Å². The number of anilines is 1. The molecule has 0 bridgehead atoms. The van der Waals surface area contributed by atoms with Gasteiger partial charge in [0, 0.05) is 31.9 Å². The molecule has 2 aliphatic heterocycles. The SMILES string of the molecule is Cc1cc([C@@H]2CCCCN2Cc2ccccc2)cnc1N1CCOCC1. The van der Waals surface area contributed by atoms with E-state index in [9.17, 15) is 0 Å². The molecular formula is C22H29N3O. The van der Waals surface area contributed by atoms with Gasteiger partial charge in [0.1, 0.15) is 5.82 Å². The molecule has 4 nitrogen and oxygen atoms in total. The predicted octanol–water partition coefficient (Wildman–Crippen LogP) is 3.95. The summed E-state index contributed by atoms with van der Waals surface area (Å²) in [6.07, 6.45) is 5.94.